The van der Waals surface area contributed by atoms with Gasteiger partial charge in [0, 0.05) is 17.1 Å². The van der Waals surface area contributed by atoms with Crippen molar-refractivity contribution >= 4 is 17.5 Å². The van der Waals surface area contributed by atoms with Crippen LogP contribution in [-0.2, 0) is 4.79 Å². The minimum Gasteiger partial charge on any atom is -0.493 e. The second-order valence-corrected chi connectivity index (χ2v) is 5.33. The van der Waals surface area contributed by atoms with Crippen LogP contribution in [0.3, 0.4) is 0 Å². The van der Waals surface area contributed by atoms with E-state index in [1.807, 2.05) is 0 Å². The van der Waals surface area contributed by atoms with Crippen molar-refractivity contribution in [3.63, 3.8) is 0 Å². The second-order valence-electron chi connectivity index (χ2n) is 4.89. The first-order valence-electron chi connectivity index (χ1n) is 7.14. The molecule has 2 N–H and O–H groups in total. The molecule has 1 amide bonds. The van der Waals surface area contributed by atoms with Gasteiger partial charge in [0.2, 0.25) is 5.91 Å². The van der Waals surface area contributed by atoms with Crippen LogP contribution in [0, 0.1) is 5.82 Å². The van der Waals surface area contributed by atoms with E-state index in [-0.39, 0.29) is 31.0 Å². The lowest BCUT2D eigenvalue weighted by molar-refractivity contribution is -0.122. The fourth-order valence-electron chi connectivity index (χ4n) is 1.95. The third-order valence-corrected chi connectivity index (χ3v) is 3.42. The zero-order chi connectivity index (χ0) is 16.7. The minimum atomic E-state index is -1.09. The Balaban J connectivity index is 1.71. The number of halogens is 2. The van der Waals surface area contributed by atoms with Crippen LogP contribution in [0.4, 0.5) is 4.39 Å². The van der Waals surface area contributed by atoms with Crippen LogP contribution < -0.4 is 10.1 Å². The summed E-state index contributed by atoms with van der Waals surface area (Å²) in [4.78, 5) is 11.7. The van der Waals surface area contributed by atoms with Crippen molar-refractivity contribution in [2.75, 3.05) is 13.2 Å². The van der Waals surface area contributed by atoms with Crippen LogP contribution in [-0.4, -0.2) is 24.2 Å². The Hall–Kier alpha value is -2.11. The first-order valence-corrected chi connectivity index (χ1v) is 7.51. The van der Waals surface area contributed by atoms with Gasteiger partial charge in [0.25, 0.3) is 0 Å². The van der Waals surface area contributed by atoms with E-state index in [1.54, 1.807) is 30.3 Å². The maximum absolute atomic E-state index is 13.5. The highest BCUT2D eigenvalue weighted by Gasteiger charge is 2.13. The van der Waals surface area contributed by atoms with Gasteiger partial charge in [-0.05, 0) is 30.3 Å². The molecule has 0 spiro atoms. The van der Waals surface area contributed by atoms with Crippen LogP contribution in [0.15, 0.2) is 48.5 Å². The molecule has 0 radical (unpaired) electrons. The molecule has 0 aromatic heterocycles. The van der Waals surface area contributed by atoms with Crippen molar-refractivity contribution < 1.29 is 19.0 Å². The standard InChI is InChI=1S/C17H17ClFNO3/c18-12-5-7-13(8-6-12)23-10-9-17(22)20-11-16(21)14-3-1-2-4-15(14)19/h1-8,16,21H,9-11H2,(H,20,22). The maximum Gasteiger partial charge on any atom is 0.223 e. The summed E-state index contributed by atoms with van der Waals surface area (Å²) < 4.78 is 18.9. The molecule has 4 nitrogen and oxygen atoms in total. The lowest BCUT2D eigenvalue weighted by atomic mass is 10.1. The van der Waals surface area contributed by atoms with Crippen molar-refractivity contribution in [2.24, 2.45) is 0 Å². The summed E-state index contributed by atoms with van der Waals surface area (Å²) >= 11 is 5.76. The highest BCUT2D eigenvalue weighted by atomic mass is 35.5. The molecule has 1 unspecified atom stereocenters. The Kier molecular flexibility index (Phi) is 6.38. The van der Waals surface area contributed by atoms with Gasteiger partial charge in [-0.3, -0.25) is 4.79 Å². The molecule has 0 aliphatic carbocycles. The summed E-state index contributed by atoms with van der Waals surface area (Å²) in [6.07, 6.45) is -0.954. The zero-order valence-corrected chi connectivity index (χ0v) is 13.1. The van der Waals surface area contributed by atoms with E-state index in [1.165, 1.54) is 18.2 Å². The van der Waals surface area contributed by atoms with E-state index in [0.29, 0.717) is 10.8 Å². The van der Waals surface area contributed by atoms with Gasteiger partial charge in [0.15, 0.2) is 0 Å². The van der Waals surface area contributed by atoms with Gasteiger partial charge in [-0.15, -0.1) is 0 Å². The van der Waals surface area contributed by atoms with Crippen LogP contribution in [0.25, 0.3) is 0 Å². The Bertz CT molecular complexity index is 649. The summed E-state index contributed by atoms with van der Waals surface area (Å²) in [5.74, 6) is -0.164. The predicted molar refractivity (Wildman–Crippen MR) is 85.9 cm³/mol. The number of carbonyl (C=O) groups is 1. The molecule has 23 heavy (non-hydrogen) atoms. The van der Waals surface area contributed by atoms with Crippen molar-refractivity contribution in [1.29, 1.82) is 0 Å². The van der Waals surface area contributed by atoms with Gasteiger partial charge in [0.05, 0.1) is 19.1 Å². The summed E-state index contributed by atoms with van der Waals surface area (Å²) in [5, 5.41) is 13.0. The fraction of sp³-hybridized carbons (Fsp3) is 0.235. The molecule has 0 heterocycles. The van der Waals surface area contributed by atoms with E-state index >= 15 is 0 Å². The first-order chi connectivity index (χ1) is 11.1. The third-order valence-electron chi connectivity index (χ3n) is 3.17. The second kappa shape index (κ2) is 8.50. The van der Waals surface area contributed by atoms with Gasteiger partial charge in [-0.1, -0.05) is 29.8 Å². The Labute approximate surface area is 138 Å². The van der Waals surface area contributed by atoms with Crippen molar-refractivity contribution in [3.05, 3.63) is 64.9 Å². The molecule has 0 aliphatic rings. The quantitative estimate of drug-likeness (QED) is 0.816. The average molecular weight is 338 g/mol. The van der Waals surface area contributed by atoms with Gasteiger partial charge in [-0.25, -0.2) is 4.39 Å². The summed E-state index contributed by atoms with van der Waals surface area (Å²) in [5.41, 5.74) is 0.158. The fourth-order valence-corrected chi connectivity index (χ4v) is 2.07. The molecule has 0 bridgehead atoms. The first kappa shape index (κ1) is 17.2. The van der Waals surface area contributed by atoms with E-state index in [0.717, 1.165) is 0 Å². The third kappa shape index (κ3) is 5.54. The summed E-state index contributed by atoms with van der Waals surface area (Å²) in [7, 11) is 0. The van der Waals surface area contributed by atoms with Gasteiger partial charge >= 0.3 is 0 Å². The van der Waals surface area contributed by atoms with E-state index in [4.69, 9.17) is 16.3 Å². The molecule has 122 valence electrons. The van der Waals surface area contributed by atoms with E-state index in [9.17, 15) is 14.3 Å². The predicted octanol–water partition coefficient (Wildman–Crippen LogP) is 3.10. The normalized spacial score (nSPS) is 11.8. The van der Waals surface area contributed by atoms with Crippen LogP contribution in [0.5, 0.6) is 5.75 Å². The highest BCUT2D eigenvalue weighted by molar-refractivity contribution is 6.30. The number of hydrogen-bond donors (Lipinski definition) is 2. The number of nitrogens with one attached hydrogen (secondary N) is 1. The number of amides is 1. The van der Waals surface area contributed by atoms with Gasteiger partial charge in [0.1, 0.15) is 11.6 Å². The SMILES string of the molecule is O=C(CCOc1ccc(Cl)cc1)NCC(O)c1ccccc1F. The Morgan fingerprint density at radius 1 is 1.22 bits per heavy atom. The smallest absolute Gasteiger partial charge is 0.223 e. The topological polar surface area (TPSA) is 58.6 Å². The largest absolute Gasteiger partial charge is 0.493 e. The average Bonchev–Trinajstić information content (AvgIpc) is 2.55. The number of ether oxygens (including phenoxy) is 1. The number of aliphatic hydroxyl groups is 1. The lowest BCUT2D eigenvalue weighted by Gasteiger charge is -2.13. The maximum atomic E-state index is 13.5. The molecule has 0 saturated carbocycles. The Morgan fingerprint density at radius 2 is 1.91 bits per heavy atom. The molecule has 6 heteroatoms. The summed E-state index contributed by atoms with van der Waals surface area (Å²) in [6, 6.07) is 12.7. The van der Waals surface area contributed by atoms with Crippen molar-refractivity contribution in [3.8, 4) is 5.75 Å². The number of hydrogen-bond acceptors (Lipinski definition) is 3. The van der Waals surface area contributed by atoms with Crippen LogP contribution >= 0.6 is 11.6 Å². The van der Waals surface area contributed by atoms with Crippen LogP contribution in [0.1, 0.15) is 18.1 Å². The van der Waals surface area contributed by atoms with E-state index in [2.05, 4.69) is 5.32 Å². The molecule has 2 aromatic rings. The molecular weight excluding hydrogens is 321 g/mol. The van der Waals surface area contributed by atoms with E-state index < -0.39 is 11.9 Å². The van der Waals surface area contributed by atoms with Crippen molar-refractivity contribution in [2.45, 2.75) is 12.5 Å². The zero-order valence-electron chi connectivity index (χ0n) is 12.3. The summed E-state index contributed by atoms with van der Waals surface area (Å²) in [6.45, 7) is 0.143. The minimum absolute atomic E-state index is 0.0548. The number of aliphatic hydroxyl groups excluding tert-OH is 1. The molecule has 0 saturated heterocycles. The molecule has 2 aromatic carbocycles. The van der Waals surface area contributed by atoms with Gasteiger partial charge < -0.3 is 15.2 Å². The number of carbonyl (C=O) groups excluding carboxylic acids is 1. The lowest BCUT2D eigenvalue weighted by Crippen LogP contribution is -2.29. The molecule has 2 rings (SSSR count). The Morgan fingerprint density at radius 3 is 2.61 bits per heavy atom. The number of benzene rings is 2. The monoisotopic (exact) mass is 337 g/mol. The van der Waals surface area contributed by atoms with Crippen molar-refractivity contribution in [1.82, 2.24) is 5.32 Å². The van der Waals surface area contributed by atoms with Gasteiger partial charge in [-0.2, -0.15) is 0 Å². The number of rotatable bonds is 7. The molecular formula is C17H17ClFNO3. The molecule has 0 fully saturated rings. The molecule has 0 aliphatic heterocycles. The highest BCUT2D eigenvalue weighted by Crippen LogP contribution is 2.16. The van der Waals surface area contributed by atoms with Crippen LogP contribution in [0.2, 0.25) is 5.02 Å². The molecule has 1 atom stereocenters.